The van der Waals surface area contributed by atoms with Gasteiger partial charge in [-0.3, -0.25) is 0 Å². The highest BCUT2D eigenvalue weighted by molar-refractivity contribution is 4.78. The van der Waals surface area contributed by atoms with Crippen LogP contribution in [0.25, 0.3) is 0 Å². The molecule has 1 rings (SSSR count). The molecule has 1 aliphatic heterocycles. The molecule has 0 saturated carbocycles. The van der Waals surface area contributed by atoms with E-state index in [2.05, 4.69) is 36.3 Å². The molecule has 0 aromatic heterocycles. The van der Waals surface area contributed by atoms with Gasteiger partial charge in [0, 0.05) is 32.2 Å². The maximum atomic E-state index is 3.50. The van der Waals surface area contributed by atoms with Crippen molar-refractivity contribution < 1.29 is 0 Å². The Morgan fingerprint density at radius 1 is 1.55 bits per heavy atom. The van der Waals surface area contributed by atoms with Gasteiger partial charge in [-0.15, -0.1) is 0 Å². The quantitative estimate of drug-likeness (QED) is 0.580. The summed E-state index contributed by atoms with van der Waals surface area (Å²) in [5, 5.41) is 3.50. The predicted molar refractivity (Wildman–Crippen MR) is 47.8 cm³/mol. The normalized spacial score (nSPS) is 27.8. The Morgan fingerprint density at radius 2 is 2.27 bits per heavy atom. The van der Waals surface area contributed by atoms with Crippen molar-refractivity contribution in [2.45, 2.75) is 6.04 Å². The van der Waals surface area contributed by atoms with Crippen LogP contribution in [0.5, 0.6) is 0 Å². The second-order valence-corrected chi connectivity index (χ2v) is 3.68. The van der Waals surface area contributed by atoms with E-state index in [4.69, 9.17) is 0 Å². The molecule has 1 fully saturated rings. The molecule has 1 atom stereocenters. The van der Waals surface area contributed by atoms with Crippen LogP contribution >= 0.6 is 0 Å². The van der Waals surface area contributed by atoms with Crippen LogP contribution in [0.4, 0.5) is 0 Å². The summed E-state index contributed by atoms with van der Waals surface area (Å²) in [6, 6.07) is 0.656. The third-order valence-corrected chi connectivity index (χ3v) is 2.04. The lowest BCUT2D eigenvalue weighted by Crippen LogP contribution is -2.52. The zero-order valence-electron chi connectivity index (χ0n) is 7.80. The lowest BCUT2D eigenvalue weighted by atomic mass is 10.2. The molecule has 0 radical (unpaired) electrons. The molecular formula is C8H19N3. The number of piperazine rings is 1. The first-order valence-corrected chi connectivity index (χ1v) is 4.25. The Hall–Kier alpha value is -0.120. The molecule has 0 bridgehead atoms. The standard InChI is InChI=1S/C8H19N3/c1-10(2)6-8-7-11(3)5-4-9-8/h8-9H,4-7H2,1-3H3. The molecule has 0 aromatic carbocycles. The Kier molecular flexibility index (Phi) is 3.30. The lowest BCUT2D eigenvalue weighted by molar-refractivity contribution is 0.208. The molecule has 1 saturated heterocycles. The average molecular weight is 157 g/mol. The van der Waals surface area contributed by atoms with E-state index in [0.29, 0.717) is 6.04 Å². The minimum Gasteiger partial charge on any atom is -0.310 e. The summed E-state index contributed by atoms with van der Waals surface area (Å²) < 4.78 is 0. The molecule has 0 amide bonds. The molecule has 11 heavy (non-hydrogen) atoms. The molecule has 1 heterocycles. The highest BCUT2D eigenvalue weighted by Gasteiger charge is 2.15. The summed E-state index contributed by atoms with van der Waals surface area (Å²) in [6.45, 7) is 4.64. The zero-order chi connectivity index (χ0) is 8.27. The number of nitrogens with one attached hydrogen (secondary N) is 1. The third-order valence-electron chi connectivity index (χ3n) is 2.04. The molecule has 3 nitrogen and oxygen atoms in total. The highest BCUT2D eigenvalue weighted by Crippen LogP contribution is 1.96. The Morgan fingerprint density at radius 3 is 2.82 bits per heavy atom. The Balaban J connectivity index is 2.23. The van der Waals surface area contributed by atoms with Crippen molar-refractivity contribution in [2.75, 3.05) is 47.3 Å². The molecule has 0 aromatic rings. The van der Waals surface area contributed by atoms with Gasteiger partial charge in [0.05, 0.1) is 0 Å². The van der Waals surface area contributed by atoms with Gasteiger partial charge in [0.25, 0.3) is 0 Å². The van der Waals surface area contributed by atoms with Crippen LogP contribution in [0.3, 0.4) is 0 Å². The van der Waals surface area contributed by atoms with E-state index in [-0.39, 0.29) is 0 Å². The fourth-order valence-corrected chi connectivity index (χ4v) is 1.55. The summed E-state index contributed by atoms with van der Waals surface area (Å²) in [6.07, 6.45) is 0. The van der Waals surface area contributed by atoms with E-state index < -0.39 is 0 Å². The monoisotopic (exact) mass is 157 g/mol. The van der Waals surface area contributed by atoms with Gasteiger partial charge < -0.3 is 15.1 Å². The third kappa shape index (κ3) is 3.18. The van der Waals surface area contributed by atoms with Gasteiger partial charge in [0.1, 0.15) is 0 Å². The van der Waals surface area contributed by atoms with Crippen molar-refractivity contribution in [3.8, 4) is 0 Å². The van der Waals surface area contributed by atoms with Gasteiger partial charge in [0.15, 0.2) is 0 Å². The molecule has 1 unspecified atom stereocenters. The Labute approximate surface area is 69.4 Å². The van der Waals surface area contributed by atoms with Gasteiger partial charge in [-0.2, -0.15) is 0 Å². The van der Waals surface area contributed by atoms with Crippen LogP contribution in [0.15, 0.2) is 0 Å². The summed E-state index contributed by atoms with van der Waals surface area (Å²) in [4.78, 5) is 4.61. The van der Waals surface area contributed by atoms with E-state index in [9.17, 15) is 0 Å². The van der Waals surface area contributed by atoms with Crippen molar-refractivity contribution in [2.24, 2.45) is 0 Å². The van der Waals surface area contributed by atoms with Crippen LogP contribution < -0.4 is 5.32 Å². The topological polar surface area (TPSA) is 18.5 Å². The SMILES string of the molecule is CN(C)CC1CN(C)CCN1. The molecule has 0 spiro atoms. The lowest BCUT2D eigenvalue weighted by Gasteiger charge is -2.32. The molecule has 66 valence electrons. The van der Waals surface area contributed by atoms with Crippen molar-refractivity contribution >= 4 is 0 Å². The summed E-state index contributed by atoms with van der Waals surface area (Å²) in [5.41, 5.74) is 0. The largest absolute Gasteiger partial charge is 0.310 e. The van der Waals surface area contributed by atoms with Crippen LogP contribution in [0.1, 0.15) is 0 Å². The van der Waals surface area contributed by atoms with Crippen molar-refractivity contribution in [3.05, 3.63) is 0 Å². The zero-order valence-corrected chi connectivity index (χ0v) is 7.80. The van der Waals surface area contributed by atoms with E-state index in [0.717, 1.165) is 13.1 Å². The van der Waals surface area contributed by atoms with Crippen molar-refractivity contribution in [1.82, 2.24) is 15.1 Å². The molecular weight excluding hydrogens is 138 g/mol. The van der Waals surface area contributed by atoms with Crippen LogP contribution in [0.2, 0.25) is 0 Å². The minimum absolute atomic E-state index is 0.656. The second-order valence-electron chi connectivity index (χ2n) is 3.68. The Bertz CT molecular complexity index is 112. The first-order valence-electron chi connectivity index (χ1n) is 4.25. The van der Waals surface area contributed by atoms with E-state index in [1.807, 2.05) is 0 Å². The van der Waals surface area contributed by atoms with Crippen molar-refractivity contribution in [3.63, 3.8) is 0 Å². The predicted octanol–water partition coefficient (Wildman–Crippen LogP) is -0.548. The minimum atomic E-state index is 0.656. The average Bonchev–Trinajstić information content (AvgIpc) is 1.85. The number of nitrogens with zero attached hydrogens (tertiary/aromatic N) is 2. The fourth-order valence-electron chi connectivity index (χ4n) is 1.55. The number of likely N-dealkylation sites (N-methyl/N-ethyl adjacent to an activating group) is 2. The van der Waals surface area contributed by atoms with E-state index >= 15 is 0 Å². The molecule has 1 aliphatic rings. The first-order chi connectivity index (χ1) is 5.18. The summed E-state index contributed by atoms with van der Waals surface area (Å²) >= 11 is 0. The number of hydrogen-bond acceptors (Lipinski definition) is 3. The number of hydrogen-bond donors (Lipinski definition) is 1. The molecule has 3 heteroatoms. The van der Waals surface area contributed by atoms with Gasteiger partial charge in [-0.25, -0.2) is 0 Å². The maximum absolute atomic E-state index is 3.50. The van der Waals surface area contributed by atoms with Gasteiger partial charge in [0.2, 0.25) is 0 Å². The second kappa shape index (κ2) is 4.04. The molecule has 1 N–H and O–H groups in total. The van der Waals surface area contributed by atoms with Crippen LogP contribution in [0, 0.1) is 0 Å². The first kappa shape index (κ1) is 8.97. The smallest absolute Gasteiger partial charge is 0.0322 e. The highest BCUT2D eigenvalue weighted by atomic mass is 15.2. The fraction of sp³-hybridized carbons (Fsp3) is 1.00. The number of rotatable bonds is 2. The maximum Gasteiger partial charge on any atom is 0.0322 e. The van der Waals surface area contributed by atoms with E-state index in [1.165, 1.54) is 13.1 Å². The van der Waals surface area contributed by atoms with Gasteiger partial charge in [-0.1, -0.05) is 0 Å². The summed E-state index contributed by atoms with van der Waals surface area (Å²) in [7, 11) is 6.43. The van der Waals surface area contributed by atoms with Crippen LogP contribution in [-0.2, 0) is 0 Å². The van der Waals surface area contributed by atoms with Crippen molar-refractivity contribution in [1.29, 1.82) is 0 Å². The van der Waals surface area contributed by atoms with Crippen LogP contribution in [-0.4, -0.2) is 63.2 Å². The summed E-state index contributed by atoms with van der Waals surface area (Å²) in [5.74, 6) is 0. The van der Waals surface area contributed by atoms with E-state index in [1.54, 1.807) is 0 Å². The molecule has 0 aliphatic carbocycles. The van der Waals surface area contributed by atoms with Gasteiger partial charge >= 0.3 is 0 Å². The van der Waals surface area contributed by atoms with Gasteiger partial charge in [-0.05, 0) is 21.1 Å².